The van der Waals surface area contributed by atoms with Crippen LogP contribution in [-0.2, 0) is 0 Å². The van der Waals surface area contributed by atoms with Crippen LogP contribution in [0.2, 0.25) is 5.02 Å². The molecular weight excluding hydrogens is 326 g/mol. The Morgan fingerprint density at radius 1 is 1.21 bits per heavy atom. The molecule has 0 bridgehead atoms. The summed E-state index contributed by atoms with van der Waals surface area (Å²) in [6, 6.07) is 13.2. The molecule has 0 saturated carbocycles. The van der Waals surface area contributed by atoms with Gasteiger partial charge in [-0.1, -0.05) is 39.7 Å². The van der Waals surface area contributed by atoms with Crippen LogP contribution in [0.3, 0.4) is 0 Å². The largest absolute Gasteiger partial charge is 0.494 e. The van der Waals surface area contributed by atoms with Crippen LogP contribution in [0.5, 0.6) is 5.75 Å². The van der Waals surface area contributed by atoms with E-state index < -0.39 is 0 Å². The molecule has 0 aliphatic carbocycles. The van der Waals surface area contributed by atoms with Gasteiger partial charge in [-0.2, -0.15) is 0 Å². The normalized spacial score (nSPS) is 12.2. The van der Waals surface area contributed by atoms with Gasteiger partial charge in [0, 0.05) is 15.1 Å². The maximum Gasteiger partial charge on any atom is 0.124 e. The van der Waals surface area contributed by atoms with Crippen molar-refractivity contribution in [1.82, 2.24) is 0 Å². The van der Waals surface area contributed by atoms with Crippen LogP contribution in [0.15, 0.2) is 46.9 Å². The van der Waals surface area contributed by atoms with Crippen LogP contribution in [0.1, 0.15) is 24.1 Å². The van der Waals surface area contributed by atoms with Crippen molar-refractivity contribution in [3.05, 3.63) is 63.1 Å². The molecule has 19 heavy (non-hydrogen) atoms. The molecule has 2 rings (SSSR count). The van der Waals surface area contributed by atoms with Gasteiger partial charge in [0.2, 0.25) is 0 Å². The molecule has 0 spiro atoms. The van der Waals surface area contributed by atoms with Crippen LogP contribution in [0, 0.1) is 0 Å². The van der Waals surface area contributed by atoms with Crippen molar-refractivity contribution < 1.29 is 4.74 Å². The van der Waals surface area contributed by atoms with Crippen molar-refractivity contribution in [2.45, 2.75) is 13.0 Å². The highest BCUT2D eigenvalue weighted by Gasteiger charge is 2.14. The highest BCUT2D eigenvalue weighted by atomic mass is 79.9. The summed E-state index contributed by atoms with van der Waals surface area (Å²) in [5, 5.41) is 0.704. The highest BCUT2D eigenvalue weighted by Crippen LogP contribution is 2.31. The lowest BCUT2D eigenvalue weighted by Gasteiger charge is -2.17. The third-order valence-corrected chi connectivity index (χ3v) is 3.58. The Kier molecular flexibility index (Phi) is 4.86. The summed E-state index contributed by atoms with van der Waals surface area (Å²) < 4.78 is 6.61. The molecule has 0 heterocycles. The SMILES string of the molecule is CCOc1ccc(Br)cc1C(N)c1ccc(Cl)cc1. The second-order valence-electron chi connectivity index (χ2n) is 4.14. The van der Waals surface area contributed by atoms with E-state index in [4.69, 9.17) is 22.1 Å². The zero-order valence-electron chi connectivity index (χ0n) is 10.6. The summed E-state index contributed by atoms with van der Waals surface area (Å²) in [6.07, 6.45) is 0. The molecule has 100 valence electrons. The monoisotopic (exact) mass is 339 g/mol. The van der Waals surface area contributed by atoms with Gasteiger partial charge in [-0.05, 0) is 42.8 Å². The van der Waals surface area contributed by atoms with Gasteiger partial charge in [0.15, 0.2) is 0 Å². The van der Waals surface area contributed by atoms with E-state index in [2.05, 4.69) is 15.9 Å². The van der Waals surface area contributed by atoms with Crippen LogP contribution < -0.4 is 10.5 Å². The van der Waals surface area contributed by atoms with E-state index in [0.717, 1.165) is 21.3 Å². The zero-order chi connectivity index (χ0) is 13.8. The fourth-order valence-electron chi connectivity index (χ4n) is 1.90. The van der Waals surface area contributed by atoms with Crippen molar-refractivity contribution in [3.8, 4) is 5.75 Å². The molecule has 2 aromatic carbocycles. The minimum Gasteiger partial charge on any atom is -0.494 e. The second kappa shape index (κ2) is 6.42. The van der Waals surface area contributed by atoms with Crippen molar-refractivity contribution >= 4 is 27.5 Å². The summed E-state index contributed by atoms with van der Waals surface area (Å²) in [6.45, 7) is 2.57. The molecular formula is C15H15BrClNO. The predicted molar refractivity (Wildman–Crippen MR) is 82.8 cm³/mol. The van der Waals surface area contributed by atoms with Gasteiger partial charge in [-0.15, -0.1) is 0 Å². The molecule has 2 N–H and O–H groups in total. The molecule has 0 aromatic heterocycles. The van der Waals surface area contributed by atoms with Gasteiger partial charge < -0.3 is 10.5 Å². The quantitative estimate of drug-likeness (QED) is 0.886. The third kappa shape index (κ3) is 3.50. The molecule has 1 unspecified atom stereocenters. The molecule has 4 heteroatoms. The maximum absolute atomic E-state index is 6.32. The molecule has 0 amide bonds. The fraction of sp³-hybridized carbons (Fsp3) is 0.200. The molecule has 0 fully saturated rings. The number of rotatable bonds is 4. The van der Waals surface area contributed by atoms with Crippen LogP contribution in [0.4, 0.5) is 0 Å². The number of nitrogens with two attached hydrogens (primary N) is 1. The number of hydrogen-bond donors (Lipinski definition) is 1. The van der Waals surface area contributed by atoms with E-state index in [0.29, 0.717) is 11.6 Å². The predicted octanol–water partition coefficient (Wildman–Crippen LogP) is 4.55. The first-order chi connectivity index (χ1) is 9.11. The van der Waals surface area contributed by atoms with Crippen LogP contribution in [0.25, 0.3) is 0 Å². The summed E-state index contributed by atoms with van der Waals surface area (Å²) >= 11 is 9.36. The Bertz CT molecular complexity index is 557. The molecule has 2 aromatic rings. The van der Waals surface area contributed by atoms with Crippen molar-refractivity contribution in [3.63, 3.8) is 0 Å². The van der Waals surface area contributed by atoms with E-state index in [1.165, 1.54) is 0 Å². The number of ether oxygens (including phenoxy) is 1. The van der Waals surface area contributed by atoms with E-state index >= 15 is 0 Å². The summed E-state index contributed by atoms with van der Waals surface area (Å²) in [4.78, 5) is 0. The summed E-state index contributed by atoms with van der Waals surface area (Å²) in [7, 11) is 0. The Balaban J connectivity index is 2.39. The summed E-state index contributed by atoms with van der Waals surface area (Å²) in [5.41, 5.74) is 8.28. The lowest BCUT2D eigenvalue weighted by atomic mass is 9.99. The molecule has 1 atom stereocenters. The molecule has 0 aliphatic heterocycles. The van der Waals surface area contributed by atoms with Crippen LogP contribution >= 0.6 is 27.5 Å². The molecule has 0 radical (unpaired) electrons. The Hall–Kier alpha value is -1.03. The zero-order valence-corrected chi connectivity index (χ0v) is 12.9. The Morgan fingerprint density at radius 3 is 2.53 bits per heavy atom. The lowest BCUT2D eigenvalue weighted by molar-refractivity contribution is 0.335. The Labute approximate surface area is 126 Å². The van der Waals surface area contributed by atoms with E-state index in [1.807, 2.05) is 49.4 Å². The second-order valence-corrected chi connectivity index (χ2v) is 5.50. The molecule has 0 saturated heterocycles. The number of hydrogen-bond acceptors (Lipinski definition) is 2. The van der Waals surface area contributed by atoms with E-state index in [1.54, 1.807) is 0 Å². The van der Waals surface area contributed by atoms with Gasteiger partial charge in [-0.25, -0.2) is 0 Å². The van der Waals surface area contributed by atoms with Gasteiger partial charge in [-0.3, -0.25) is 0 Å². The van der Waals surface area contributed by atoms with E-state index in [9.17, 15) is 0 Å². The van der Waals surface area contributed by atoms with E-state index in [-0.39, 0.29) is 6.04 Å². The van der Waals surface area contributed by atoms with Crippen molar-refractivity contribution in [2.24, 2.45) is 5.73 Å². The first-order valence-corrected chi connectivity index (χ1v) is 7.22. The van der Waals surface area contributed by atoms with Gasteiger partial charge in [0.1, 0.15) is 5.75 Å². The maximum atomic E-state index is 6.32. The first-order valence-electron chi connectivity index (χ1n) is 6.05. The lowest BCUT2D eigenvalue weighted by Crippen LogP contribution is -2.13. The van der Waals surface area contributed by atoms with Crippen molar-refractivity contribution in [1.29, 1.82) is 0 Å². The van der Waals surface area contributed by atoms with Crippen LogP contribution in [-0.4, -0.2) is 6.61 Å². The molecule has 0 aliphatic rings. The average Bonchev–Trinajstić information content (AvgIpc) is 2.41. The minimum atomic E-state index is -0.240. The van der Waals surface area contributed by atoms with Gasteiger partial charge in [0.05, 0.1) is 12.6 Å². The number of benzene rings is 2. The third-order valence-electron chi connectivity index (χ3n) is 2.84. The standard InChI is InChI=1S/C15H15BrClNO/c1-2-19-14-8-5-11(16)9-13(14)15(18)10-3-6-12(17)7-4-10/h3-9,15H,2,18H2,1H3. The minimum absolute atomic E-state index is 0.240. The van der Waals surface area contributed by atoms with Crippen molar-refractivity contribution in [2.75, 3.05) is 6.61 Å². The number of halogens is 2. The smallest absolute Gasteiger partial charge is 0.124 e. The Morgan fingerprint density at radius 2 is 1.89 bits per heavy atom. The van der Waals surface area contributed by atoms with Gasteiger partial charge in [0.25, 0.3) is 0 Å². The first kappa shape index (κ1) is 14.4. The summed E-state index contributed by atoms with van der Waals surface area (Å²) in [5.74, 6) is 0.813. The fourth-order valence-corrected chi connectivity index (χ4v) is 2.40. The van der Waals surface area contributed by atoms with Gasteiger partial charge >= 0.3 is 0 Å². The highest BCUT2D eigenvalue weighted by molar-refractivity contribution is 9.10. The molecule has 2 nitrogen and oxygen atoms in total. The average molecular weight is 341 g/mol. The topological polar surface area (TPSA) is 35.2 Å².